The minimum Gasteiger partial charge on any atom is -0.368 e. The monoisotopic (exact) mass is 343 g/mol. The van der Waals surface area contributed by atoms with Crippen LogP contribution in [-0.2, 0) is 20.9 Å². The van der Waals surface area contributed by atoms with E-state index in [0.717, 1.165) is 44.2 Å². The van der Waals surface area contributed by atoms with Crippen LogP contribution in [0.5, 0.6) is 0 Å². The molecule has 1 aromatic rings. The Hall–Kier alpha value is -1.95. The van der Waals surface area contributed by atoms with E-state index in [1.165, 1.54) is 0 Å². The van der Waals surface area contributed by atoms with Crippen LogP contribution in [0.2, 0.25) is 0 Å². The second-order valence-electron chi connectivity index (χ2n) is 7.42. The Kier molecular flexibility index (Phi) is 4.46. The maximum absolute atomic E-state index is 12.8. The number of piperidine rings is 1. The summed E-state index contributed by atoms with van der Waals surface area (Å²) in [5.41, 5.74) is 0.875. The first kappa shape index (κ1) is 16.5. The highest BCUT2D eigenvalue weighted by atomic mass is 16.5. The predicted octanol–water partition coefficient (Wildman–Crippen LogP) is 1.74. The molecule has 6 heteroatoms. The lowest BCUT2D eigenvalue weighted by Gasteiger charge is -2.46. The summed E-state index contributed by atoms with van der Waals surface area (Å²) in [5.74, 6) is 0.308. The van der Waals surface area contributed by atoms with Crippen LogP contribution in [0.1, 0.15) is 44.1 Å². The number of amides is 2. The summed E-state index contributed by atoms with van der Waals surface area (Å²) >= 11 is 0. The van der Waals surface area contributed by atoms with Gasteiger partial charge in [0.15, 0.2) is 0 Å². The van der Waals surface area contributed by atoms with Crippen LogP contribution in [0.4, 0.5) is 0 Å². The maximum atomic E-state index is 12.8. The Morgan fingerprint density at radius 1 is 1.28 bits per heavy atom. The highest BCUT2D eigenvalue weighted by molar-refractivity contribution is 5.83. The van der Waals surface area contributed by atoms with Gasteiger partial charge in [0, 0.05) is 45.1 Å². The molecule has 0 aromatic carbocycles. The lowest BCUT2D eigenvalue weighted by molar-refractivity contribution is -0.147. The standard InChI is InChI=1S/C19H25N3O3/c23-17-4-8-19(22(17)13-15-5-9-20-10-6-15)7-2-11-21(14-19)18(24)16-3-1-12-25-16/h5-6,9-10,16H,1-4,7-8,11-14H2/t16-,19+/m1/s1. The molecule has 3 saturated heterocycles. The largest absolute Gasteiger partial charge is 0.368 e. The van der Waals surface area contributed by atoms with Crippen molar-refractivity contribution >= 4 is 11.8 Å². The van der Waals surface area contributed by atoms with E-state index in [-0.39, 0.29) is 23.5 Å². The molecule has 0 unspecified atom stereocenters. The van der Waals surface area contributed by atoms with Gasteiger partial charge in [-0.2, -0.15) is 0 Å². The molecule has 3 aliphatic heterocycles. The summed E-state index contributed by atoms with van der Waals surface area (Å²) in [4.78, 5) is 33.3. The zero-order valence-electron chi connectivity index (χ0n) is 14.5. The maximum Gasteiger partial charge on any atom is 0.251 e. The van der Waals surface area contributed by atoms with Gasteiger partial charge in [-0.05, 0) is 49.8 Å². The summed E-state index contributed by atoms with van der Waals surface area (Å²) in [6.07, 6.45) is 8.36. The molecule has 1 spiro atoms. The van der Waals surface area contributed by atoms with Crippen molar-refractivity contribution in [3.63, 3.8) is 0 Å². The van der Waals surface area contributed by atoms with E-state index in [0.29, 0.717) is 26.1 Å². The van der Waals surface area contributed by atoms with Gasteiger partial charge in [-0.25, -0.2) is 0 Å². The van der Waals surface area contributed by atoms with Crippen molar-refractivity contribution in [2.75, 3.05) is 19.7 Å². The Morgan fingerprint density at radius 3 is 2.88 bits per heavy atom. The van der Waals surface area contributed by atoms with Gasteiger partial charge in [0.2, 0.25) is 5.91 Å². The fraction of sp³-hybridized carbons (Fsp3) is 0.632. The van der Waals surface area contributed by atoms with Gasteiger partial charge >= 0.3 is 0 Å². The van der Waals surface area contributed by atoms with Gasteiger partial charge in [-0.3, -0.25) is 14.6 Å². The number of nitrogens with zero attached hydrogens (tertiary/aromatic N) is 3. The third-order valence-electron chi connectivity index (χ3n) is 5.84. The van der Waals surface area contributed by atoms with Crippen LogP contribution in [0.3, 0.4) is 0 Å². The van der Waals surface area contributed by atoms with Crippen LogP contribution < -0.4 is 0 Å². The molecule has 4 heterocycles. The number of ether oxygens (including phenoxy) is 1. The molecule has 1 aromatic heterocycles. The number of pyridine rings is 1. The van der Waals surface area contributed by atoms with E-state index < -0.39 is 0 Å². The van der Waals surface area contributed by atoms with Crippen molar-refractivity contribution in [2.24, 2.45) is 0 Å². The van der Waals surface area contributed by atoms with Gasteiger partial charge in [0.05, 0.1) is 5.54 Å². The molecule has 25 heavy (non-hydrogen) atoms. The Bertz CT molecular complexity index is 645. The molecule has 0 bridgehead atoms. The molecule has 2 amide bonds. The first-order chi connectivity index (χ1) is 12.2. The third-order valence-corrected chi connectivity index (χ3v) is 5.84. The van der Waals surface area contributed by atoms with Crippen molar-refractivity contribution in [1.29, 1.82) is 0 Å². The van der Waals surface area contributed by atoms with E-state index in [9.17, 15) is 9.59 Å². The normalized spacial score (nSPS) is 29.6. The van der Waals surface area contributed by atoms with Gasteiger partial charge in [-0.15, -0.1) is 0 Å². The van der Waals surface area contributed by atoms with E-state index in [2.05, 4.69) is 4.98 Å². The van der Waals surface area contributed by atoms with Gasteiger partial charge < -0.3 is 14.5 Å². The van der Waals surface area contributed by atoms with Crippen LogP contribution in [0.15, 0.2) is 24.5 Å². The quantitative estimate of drug-likeness (QED) is 0.839. The van der Waals surface area contributed by atoms with Gasteiger partial charge in [0.25, 0.3) is 5.91 Å². The number of aromatic nitrogens is 1. The Morgan fingerprint density at radius 2 is 2.12 bits per heavy atom. The molecule has 0 N–H and O–H groups in total. The summed E-state index contributed by atoms with van der Waals surface area (Å²) in [7, 11) is 0. The molecule has 2 atom stereocenters. The Labute approximate surface area is 148 Å². The summed E-state index contributed by atoms with van der Waals surface area (Å²) in [5, 5.41) is 0. The SMILES string of the molecule is O=C([C@H]1CCCO1)N1CCC[C@]2(CCC(=O)N2Cc2ccncc2)C1. The first-order valence-corrected chi connectivity index (χ1v) is 9.28. The summed E-state index contributed by atoms with van der Waals surface area (Å²) in [6.45, 7) is 2.70. The second-order valence-corrected chi connectivity index (χ2v) is 7.42. The molecule has 134 valence electrons. The van der Waals surface area contributed by atoms with Crippen molar-refractivity contribution in [1.82, 2.24) is 14.8 Å². The number of carbonyl (C=O) groups excluding carboxylic acids is 2. The summed E-state index contributed by atoms with van der Waals surface area (Å²) in [6, 6.07) is 3.91. The van der Waals surface area contributed by atoms with Crippen LogP contribution in [0, 0.1) is 0 Å². The fourth-order valence-corrected chi connectivity index (χ4v) is 4.50. The average Bonchev–Trinajstić information content (AvgIpc) is 3.27. The number of carbonyl (C=O) groups is 2. The number of hydrogen-bond acceptors (Lipinski definition) is 4. The molecule has 0 radical (unpaired) electrons. The van der Waals surface area contributed by atoms with Gasteiger partial charge in [0.1, 0.15) is 6.10 Å². The highest BCUT2D eigenvalue weighted by Gasteiger charge is 2.48. The van der Waals surface area contributed by atoms with Crippen LogP contribution in [-0.4, -0.2) is 57.9 Å². The molecular formula is C19H25N3O3. The van der Waals surface area contributed by atoms with E-state index in [4.69, 9.17) is 4.74 Å². The average molecular weight is 343 g/mol. The van der Waals surface area contributed by atoms with Crippen LogP contribution in [0.25, 0.3) is 0 Å². The molecule has 4 rings (SSSR count). The van der Waals surface area contributed by atoms with E-state index in [1.54, 1.807) is 12.4 Å². The number of likely N-dealkylation sites (tertiary alicyclic amines) is 2. The smallest absolute Gasteiger partial charge is 0.251 e. The second kappa shape index (κ2) is 6.75. The predicted molar refractivity (Wildman–Crippen MR) is 91.5 cm³/mol. The van der Waals surface area contributed by atoms with Crippen molar-refractivity contribution in [2.45, 2.75) is 56.7 Å². The lowest BCUT2D eigenvalue weighted by atomic mass is 9.86. The van der Waals surface area contributed by atoms with E-state index in [1.807, 2.05) is 21.9 Å². The molecule has 0 aliphatic carbocycles. The zero-order valence-corrected chi connectivity index (χ0v) is 14.5. The van der Waals surface area contributed by atoms with Crippen molar-refractivity contribution < 1.29 is 14.3 Å². The van der Waals surface area contributed by atoms with E-state index >= 15 is 0 Å². The molecule has 3 fully saturated rings. The lowest BCUT2D eigenvalue weighted by Crippen LogP contribution is -2.58. The minimum atomic E-state index is -0.277. The molecule has 0 saturated carbocycles. The van der Waals surface area contributed by atoms with Crippen LogP contribution >= 0.6 is 0 Å². The number of hydrogen-bond donors (Lipinski definition) is 0. The molecule has 6 nitrogen and oxygen atoms in total. The van der Waals surface area contributed by atoms with Crippen molar-refractivity contribution in [3.05, 3.63) is 30.1 Å². The topological polar surface area (TPSA) is 62.7 Å². The summed E-state index contributed by atoms with van der Waals surface area (Å²) < 4.78 is 5.58. The first-order valence-electron chi connectivity index (χ1n) is 9.28. The van der Waals surface area contributed by atoms with Gasteiger partial charge in [-0.1, -0.05) is 0 Å². The zero-order chi connectivity index (χ0) is 17.3. The third kappa shape index (κ3) is 3.15. The minimum absolute atomic E-state index is 0.111. The number of rotatable bonds is 3. The Balaban J connectivity index is 1.52. The molecule has 3 aliphatic rings. The fourth-order valence-electron chi connectivity index (χ4n) is 4.50. The molecular weight excluding hydrogens is 318 g/mol. The highest BCUT2D eigenvalue weighted by Crippen LogP contribution is 2.39. The van der Waals surface area contributed by atoms with Crippen molar-refractivity contribution in [3.8, 4) is 0 Å².